The number of rotatable bonds is 4. The number of aryl methyl sites for hydroxylation is 3. The quantitative estimate of drug-likeness (QED) is 0.479. The molecule has 178 valence electrons. The Kier molecular flexibility index (Phi) is 5.70. The van der Waals surface area contributed by atoms with Crippen LogP contribution in [0.5, 0.6) is 0 Å². The summed E-state index contributed by atoms with van der Waals surface area (Å²) in [6.07, 6.45) is 5.29. The highest BCUT2D eigenvalue weighted by Gasteiger charge is 2.24. The van der Waals surface area contributed by atoms with Crippen molar-refractivity contribution in [3.05, 3.63) is 83.3 Å². The number of pyridine rings is 1. The summed E-state index contributed by atoms with van der Waals surface area (Å²) in [6, 6.07) is 18.7. The number of nitrogens with zero attached hydrogens (tertiary/aromatic N) is 5. The number of imidazole rings is 1. The van der Waals surface area contributed by atoms with Crippen LogP contribution < -0.4 is 5.32 Å². The molecule has 35 heavy (non-hydrogen) atoms. The van der Waals surface area contributed by atoms with Crippen LogP contribution in [0.4, 0.5) is 10.5 Å². The molecule has 0 bridgehead atoms. The molecule has 1 fully saturated rings. The van der Waals surface area contributed by atoms with Gasteiger partial charge in [0.2, 0.25) is 0 Å². The molecule has 2 aliphatic rings. The highest BCUT2D eigenvalue weighted by atomic mass is 16.2. The van der Waals surface area contributed by atoms with Gasteiger partial charge in [0.15, 0.2) is 5.65 Å². The normalized spacial score (nSPS) is 16.0. The van der Waals surface area contributed by atoms with E-state index in [1.54, 1.807) is 0 Å². The number of nitrogens with one attached hydrogen (secondary N) is 1. The van der Waals surface area contributed by atoms with Crippen molar-refractivity contribution in [1.29, 1.82) is 0 Å². The van der Waals surface area contributed by atoms with Gasteiger partial charge >= 0.3 is 6.03 Å². The monoisotopic (exact) mass is 466 g/mol. The van der Waals surface area contributed by atoms with Crippen LogP contribution in [-0.4, -0.2) is 56.5 Å². The molecule has 2 aromatic heterocycles. The lowest BCUT2D eigenvalue weighted by Crippen LogP contribution is -2.49. The highest BCUT2D eigenvalue weighted by Crippen LogP contribution is 2.25. The van der Waals surface area contributed by atoms with E-state index >= 15 is 0 Å². The Morgan fingerprint density at radius 1 is 0.971 bits per heavy atom. The first-order valence-electron chi connectivity index (χ1n) is 12.4. The van der Waals surface area contributed by atoms with E-state index in [0.717, 1.165) is 54.3 Å². The van der Waals surface area contributed by atoms with Crippen LogP contribution in [-0.2, 0) is 19.4 Å². The van der Waals surface area contributed by atoms with Gasteiger partial charge in [-0.1, -0.05) is 18.2 Å². The van der Waals surface area contributed by atoms with Crippen LogP contribution in [0.1, 0.15) is 28.9 Å². The molecule has 1 N–H and O–H groups in total. The summed E-state index contributed by atoms with van der Waals surface area (Å²) in [7, 11) is 0. The summed E-state index contributed by atoms with van der Waals surface area (Å²) in [5.41, 5.74) is 7.75. The van der Waals surface area contributed by atoms with Crippen LogP contribution in [0, 0.1) is 6.92 Å². The molecule has 7 nitrogen and oxygen atoms in total. The first-order chi connectivity index (χ1) is 17.1. The minimum atomic E-state index is -0.0150. The Balaban J connectivity index is 1.14. The van der Waals surface area contributed by atoms with Gasteiger partial charge < -0.3 is 10.2 Å². The topological polar surface area (TPSA) is 66.3 Å². The summed E-state index contributed by atoms with van der Waals surface area (Å²) < 4.78 is 2.16. The van der Waals surface area contributed by atoms with Crippen LogP contribution in [0.15, 0.2) is 60.8 Å². The van der Waals surface area contributed by atoms with E-state index in [1.165, 1.54) is 23.1 Å². The molecular weight excluding hydrogens is 436 g/mol. The van der Waals surface area contributed by atoms with Crippen molar-refractivity contribution >= 4 is 22.9 Å². The number of aromatic nitrogens is 3. The Morgan fingerprint density at radius 2 is 1.83 bits per heavy atom. The molecule has 2 amide bonds. The molecule has 0 saturated carbocycles. The number of anilines is 1. The fraction of sp³-hybridized carbons (Fsp3) is 0.321. The maximum Gasteiger partial charge on any atom is 0.321 e. The summed E-state index contributed by atoms with van der Waals surface area (Å²) >= 11 is 0. The Bertz CT molecular complexity index is 1390. The lowest BCUT2D eigenvalue weighted by molar-refractivity contribution is 0.140. The van der Waals surface area contributed by atoms with Gasteiger partial charge in [-0.25, -0.2) is 14.8 Å². The zero-order valence-electron chi connectivity index (χ0n) is 20.1. The second kappa shape index (κ2) is 9.15. The van der Waals surface area contributed by atoms with Crippen molar-refractivity contribution in [3.8, 4) is 5.69 Å². The molecule has 1 aliphatic carbocycles. The van der Waals surface area contributed by atoms with Crippen LogP contribution in [0.3, 0.4) is 0 Å². The van der Waals surface area contributed by atoms with Crippen molar-refractivity contribution in [2.75, 3.05) is 31.5 Å². The van der Waals surface area contributed by atoms with Gasteiger partial charge in [-0.3, -0.25) is 9.47 Å². The average molecular weight is 467 g/mol. The van der Waals surface area contributed by atoms with Gasteiger partial charge in [0.1, 0.15) is 11.3 Å². The highest BCUT2D eigenvalue weighted by molar-refractivity contribution is 5.89. The zero-order valence-corrected chi connectivity index (χ0v) is 20.1. The Morgan fingerprint density at radius 3 is 2.69 bits per heavy atom. The summed E-state index contributed by atoms with van der Waals surface area (Å²) in [5.74, 6) is 0.973. The van der Waals surface area contributed by atoms with E-state index < -0.39 is 0 Å². The van der Waals surface area contributed by atoms with E-state index in [2.05, 4.69) is 63.1 Å². The van der Waals surface area contributed by atoms with Crippen molar-refractivity contribution in [3.63, 3.8) is 0 Å². The maximum absolute atomic E-state index is 12.9. The van der Waals surface area contributed by atoms with Gasteiger partial charge in [0.25, 0.3) is 0 Å². The van der Waals surface area contributed by atoms with E-state index in [-0.39, 0.29) is 6.03 Å². The maximum atomic E-state index is 12.9. The molecule has 0 atom stereocenters. The number of piperazine rings is 1. The van der Waals surface area contributed by atoms with Crippen molar-refractivity contribution in [2.45, 2.75) is 32.7 Å². The third kappa shape index (κ3) is 4.39. The molecular formula is C28H30N6O. The van der Waals surface area contributed by atoms with Crippen LogP contribution in [0.2, 0.25) is 0 Å². The Labute approximate surface area is 205 Å². The SMILES string of the molecule is Cc1cccc(-n2c(CN3CCN(C(=O)Nc4ccc5c(c4)CCC5)CC3)nc3cccnc32)c1. The number of fused-ring (bicyclic) bond motifs is 2. The minimum absolute atomic E-state index is 0.0150. The molecule has 6 rings (SSSR count). The first-order valence-corrected chi connectivity index (χ1v) is 12.4. The van der Waals surface area contributed by atoms with E-state index in [1.807, 2.05) is 29.3 Å². The lowest BCUT2D eigenvalue weighted by Gasteiger charge is -2.34. The standard InChI is InChI=1S/C28H30N6O/c1-20-5-2-8-24(17-20)34-26(31-25-9-4-12-29-27(25)34)19-32-13-15-33(16-14-32)28(35)30-23-11-10-21-6-3-7-22(21)18-23/h2,4-5,8-12,17-18H,3,6-7,13-16,19H2,1H3,(H,30,35). The smallest absolute Gasteiger partial charge is 0.321 e. The number of carbonyl (C=O) groups excluding carboxylic acids is 1. The van der Waals surface area contributed by atoms with Gasteiger partial charge in [-0.15, -0.1) is 0 Å². The number of amides is 2. The van der Waals surface area contributed by atoms with E-state index in [0.29, 0.717) is 19.6 Å². The van der Waals surface area contributed by atoms with Crippen molar-refractivity contribution < 1.29 is 4.79 Å². The lowest BCUT2D eigenvalue weighted by atomic mass is 10.1. The van der Waals surface area contributed by atoms with Crippen molar-refractivity contribution in [2.24, 2.45) is 0 Å². The number of urea groups is 1. The summed E-state index contributed by atoms with van der Waals surface area (Å²) in [4.78, 5) is 26.7. The predicted octanol–water partition coefficient (Wildman–Crippen LogP) is 4.57. The average Bonchev–Trinajstić information content (AvgIpc) is 3.48. The second-order valence-corrected chi connectivity index (χ2v) is 9.58. The summed E-state index contributed by atoms with van der Waals surface area (Å²) in [5, 5.41) is 3.10. The van der Waals surface area contributed by atoms with Gasteiger partial charge in [-0.2, -0.15) is 0 Å². The third-order valence-corrected chi connectivity index (χ3v) is 7.12. The molecule has 3 heterocycles. The third-order valence-electron chi connectivity index (χ3n) is 7.12. The number of hydrogen-bond donors (Lipinski definition) is 1. The molecule has 0 spiro atoms. The number of benzene rings is 2. The molecule has 1 aliphatic heterocycles. The van der Waals surface area contributed by atoms with Crippen LogP contribution >= 0.6 is 0 Å². The summed E-state index contributed by atoms with van der Waals surface area (Å²) in [6.45, 7) is 5.82. The largest absolute Gasteiger partial charge is 0.322 e. The van der Waals surface area contributed by atoms with Crippen LogP contribution in [0.25, 0.3) is 16.9 Å². The zero-order chi connectivity index (χ0) is 23.8. The molecule has 1 saturated heterocycles. The molecule has 7 heteroatoms. The van der Waals surface area contributed by atoms with E-state index in [4.69, 9.17) is 4.98 Å². The molecule has 0 radical (unpaired) electrons. The number of hydrogen-bond acceptors (Lipinski definition) is 4. The molecule has 4 aromatic rings. The fourth-order valence-corrected chi connectivity index (χ4v) is 5.26. The van der Waals surface area contributed by atoms with E-state index in [9.17, 15) is 4.79 Å². The van der Waals surface area contributed by atoms with Crippen molar-refractivity contribution in [1.82, 2.24) is 24.3 Å². The predicted molar refractivity (Wildman–Crippen MR) is 138 cm³/mol. The molecule has 0 unspecified atom stereocenters. The van der Waals surface area contributed by atoms with Gasteiger partial charge in [0, 0.05) is 43.8 Å². The minimum Gasteiger partial charge on any atom is -0.322 e. The Hall–Kier alpha value is -3.71. The molecule has 2 aromatic carbocycles. The number of carbonyl (C=O) groups is 1. The first kappa shape index (κ1) is 21.8. The van der Waals surface area contributed by atoms with Gasteiger partial charge in [-0.05, 0) is 79.3 Å². The fourth-order valence-electron chi connectivity index (χ4n) is 5.26. The second-order valence-electron chi connectivity index (χ2n) is 9.58. The van der Waals surface area contributed by atoms with Gasteiger partial charge in [0.05, 0.1) is 6.54 Å².